The highest BCUT2D eigenvalue weighted by atomic mass is 28.4. The van der Waals surface area contributed by atoms with E-state index in [1.165, 1.54) is 0 Å². The average molecular weight is 372 g/mol. The van der Waals surface area contributed by atoms with Gasteiger partial charge in [0.1, 0.15) is 5.60 Å². The minimum absolute atomic E-state index is 0.0501. The first kappa shape index (κ1) is 22.2. The summed E-state index contributed by atoms with van der Waals surface area (Å²) in [6, 6.07) is -0.204. The summed E-state index contributed by atoms with van der Waals surface area (Å²) in [5.74, 6) is 0. The fourth-order valence-electron chi connectivity index (χ4n) is 2.63. The van der Waals surface area contributed by atoms with Gasteiger partial charge in [-0.2, -0.15) is 0 Å². The van der Waals surface area contributed by atoms with Crippen LogP contribution in [0.5, 0.6) is 0 Å². The Morgan fingerprint density at radius 2 is 1.84 bits per heavy atom. The number of hydrogen-bond donors (Lipinski definition) is 1. The maximum absolute atomic E-state index is 12.7. The van der Waals surface area contributed by atoms with Crippen LogP contribution in [0, 0.1) is 0 Å². The second-order valence-electron chi connectivity index (χ2n) is 9.33. The predicted molar refractivity (Wildman–Crippen MR) is 104 cm³/mol. The van der Waals surface area contributed by atoms with Gasteiger partial charge in [-0.15, -0.1) is 0 Å². The van der Waals surface area contributed by atoms with Crippen LogP contribution in [0.3, 0.4) is 0 Å². The molecule has 0 aliphatic carbocycles. The van der Waals surface area contributed by atoms with E-state index < -0.39 is 13.9 Å². The molecule has 1 fully saturated rings. The van der Waals surface area contributed by atoms with Crippen molar-refractivity contribution in [3.63, 3.8) is 0 Å². The van der Waals surface area contributed by atoms with Crippen molar-refractivity contribution in [1.29, 1.82) is 0 Å². The Morgan fingerprint density at radius 1 is 1.24 bits per heavy atom. The van der Waals surface area contributed by atoms with Gasteiger partial charge in [0.05, 0.1) is 18.8 Å². The van der Waals surface area contributed by atoms with E-state index in [-0.39, 0.29) is 29.9 Å². The number of amides is 1. The molecule has 1 aliphatic rings. The summed E-state index contributed by atoms with van der Waals surface area (Å²) in [7, 11) is -1.96. The van der Waals surface area contributed by atoms with Gasteiger partial charge in [0.25, 0.3) is 0 Å². The summed E-state index contributed by atoms with van der Waals surface area (Å²) in [4.78, 5) is 14.4. The van der Waals surface area contributed by atoms with Crippen LogP contribution in [0.4, 0.5) is 4.79 Å². The molecule has 0 aromatic rings. The summed E-state index contributed by atoms with van der Waals surface area (Å²) >= 11 is 0. The van der Waals surface area contributed by atoms with E-state index in [4.69, 9.17) is 9.16 Å². The second-order valence-corrected chi connectivity index (χ2v) is 14.1. The van der Waals surface area contributed by atoms with Crippen molar-refractivity contribution in [1.82, 2.24) is 4.90 Å². The van der Waals surface area contributed by atoms with Gasteiger partial charge in [0, 0.05) is 6.54 Å². The van der Waals surface area contributed by atoms with Gasteiger partial charge in [-0.3, -0.25) is 4.90 Å². The summed E-state index contributed by atoms with van der Waals surface area (Å²) < 4.78 is 12.2. The van der Waals surface area contributed by atoms with Crippen LogP contribution in [0.25, 0.3) is 0 Å². The molecule has 0 bridgehead atoms. The zero-order valence-electron chi connectivity index (χ0n) is 17.3. The number of likely N-dealkylation sites (tertiary alicyclic amines) is 1. The van der Waals surface area contributed by atoms with Gasteiger partial charge >= 0.3 is 6.09 Å². The number of rotatable bonds is 4. The first-order valence-corrected chi connectivity index (χ1v) is 12.1. The summed E-state index contributed by atoms with van der Waals surface area (Å²) in [5, 5.41) is 9.31. The summed E-state index contributed by atoms with van der Waals surface area (Å²) in [6.07, 6.45) is 5.00. The molecule has 1 amide bonds. The molecule has 1 rings (SSSR count). The lowest BCUT2D eigenvalue weighted by Gasteiger charge is -2.46. The van der Waals surface area contributed by atoms with E-state index >= 15 is 0 Å². The van der Waals surface area contributed by atoms with Gasteiger partial charge in [-0.05, 0) is 51.7 Å². The Kier molecular flexibility index (Phi) is 7.30. The lowest BCUT2D eigenvalue weighted by Crippen LogP contribution is -2.56. The maximum atomic E-state index is 12.7. The second kappa shape index (κ2) is 8.23. The molecule has 0 aromatic heterocycles. The Balaban J connectivity index is 3.04. The highest BCUT2D eigenvalue weighted by Crippen LogP contribution is 2.39. The number of piperidine rings is 1. The number of nitrogens with zero attached hydrogens (tertiary/aromatic N) is 1. The molecule has 1 heterocycles. The fourth-order valence-corrected chi connectivity index (χ4v) is 4.00. The highest BCUT2D eigenvalue weighted by molar-refractivity contribution is 6.74. The minimum atomic E-state index is -1.96. The van der Waals surface area contributed by atoms with Crippen LogP contribution < -0.4 is 0 Å². The Labute approximate surface area is 154 Å². The molecule has 5 nitrogen and oxygen atoms in total. The molecule has 1 N–H and O–H groups in total. The summed E-state index contributed by atoms with van der Waals surface area (Å²) in [6.45, 7) is 17.3. The van der Waals surface area contributed by atoms with Crippen molar-refractivity contribution in [2.24, 2.45) is 0 Å². The zero-order chi connectivity index (χ0) is 19.5. The molecule has 0 aromatic carbocycles. The Morgan fingerprint density at radius 3 is 2.32 bits per heavy atom. The summed E-state index contributed by atoms with van der Waals surface area (Å²) in [5.41, 5.74) is -0.532. The maximum Gasteiger partial charge on any atom is 0.410 e. The van der Waals surface area contributed by atoms with E-state index in [1.54, 1.807) is 11.0 Å². The third kappa shape index (κ3) is 6.42. The number of ether oxygens (including phenoxy) is 1. The Bertz CT molecular complexity index is 477. The third-order valence-electron chi connectivity index (χ3n) is 4.95. The molecular formula is C19H37NO4Si. The molecule has 25 heavy (non-hydrogen) atoms. The average Bonchev–Trinajstić information content (AvgIpc) is 2.42. The normalized spacial score (nSPS) is 23.2. The largest absolute Gasteiger partial charge is 0.444 e. The molecule has 2 atom stereocenters. The van der Waals surface area contributed by atoms with Crippen molar-refractivity contribution in [2.45, 2.75) is 90.3 Å². The van der Waals surface area contributed by atoms with Gasteiger partial charge in [0.2, 0.25) is 0 Å². The molecule has 0 saturated carbocycles. The molecule has 1 saturated heterocycles. The van der Waals surface area contributed by atoms with Crippen LogP contribution in [0.15, 0.2) is 12.2 Å². The molecular weight excluding hydrogens is 334 g/mol. The predicted octanol–water partition coefficient (Wildman–Crippen LogP) is 4.32. The van der Waals surface area contributed by atoms with Crippen LogP contribution in [-0.2, 0) is 9.16 Å². The van der Waals surface area contributed by atoms with Crippen molar-refractivity contribution >= 4 is 14.4 Å². The standard InChI is InChI=1S/C19H37NO4Si/c1-18(2,3)23-17(22)20-13-9-12-16(15(20)11-10-14-21)24-25(7,8)19(4,5)6/h10-11,15-16,21H,9,12-14H2,1-8H3/b11-10+/t15-,16+/m1/s1. The van der Waals surface area contributed by atoms with Gasteiger partial charge in [-0.1, -0.05) is 32.9 Å². The van der Waals surface area contributed by atoms with Crippen molar-refractivity contribution in [2.75, 3.05) is 13.2 Å². The SMILES string of the molecule is CC(C)(C)OC(=O)N1CCC[C@H](O[Si](C)(C)C(C)(C)C)[C@H]1/C=C/CO. The first-order valence-electron chi connectivity index (χ1n) is 9.23. The van der Waals surface area contributed by atoms with Crippen molar-refractivity contribution in [3.8, 4) is 0 Å². The van der Waals surface area contributed by atoms with E-state index in [9.17, 15) is 9.90 Å². The van der Waals surface area contributed by atoms with E-state index in [0.29, 0.717) is 6.54 Å². The fraction of sp³-hybridized carbons (Fsp3) is 0.842. The van der Waals surface area contributed by atoms with Gasteiger partial charge in [0.15, 0.2) is 8.32 Å². The van der Waals surface area contributed by atoms with Gasteiger partial charge < -0.3 is 14.3 Å². The zero-order valence-corrected chi connectivity index (χ0v) is 18.3. The number of carbonyl (C=O) groups is 1. The van der Waals surface area contributed by atoms with E-state index in [2.05, 4.69) is 33.9 Å². The van der Waals surface area contributed by atoms with Crippen LogP contribution >= 0.6 is 0 Å². The smallest absolute Gasteiger partial charge is 0.410 e. The number of hydrogen-bond acceptors (Lipinski definition) is 4. The quantitative estimate of drug-likeness (QED) is 0.590. The minimum Gasteiger partial charge on any atom is -0.444 e. The molecule has 1 aliphatic heterocycles. The van der Waals surface area contributed by atoms with Crippen molar-refractivity contribution in [3.05, 3.63) is 12.2 Å². The van der Waals surface area contributed by atoms with Gasteiger partial charge in [-0.25, -0.2) is 4.79 Å². The number of carbonyl (C=O) groups excluding carboxylic acids is 1. The number of aliphatic hydroxyl groups is 1. The van der Waals surface area contributed by atoms with Crippen LogP contribution in [-0.4, -0.2) is 55.3 Å². The van der Waals surface area contributed by atoms with Crippen LogP contribution in [0.2, 0.25) is 18.1 Å². The number of aliphatic hydroxyl groups excluding tert-OH is 1. The first-order chi connectivity index (χ1) is 11.3. The lowest BCUT2D eigenvalue weighted by molar-refractivity contribution is -0.00860. The third-order valence-corrected chi connectivity index (χ3v) is 9.45. The van der Waals surface area contributed by atoms with Crippen LogP contribution in [0.1, 0.15) is 54.4 Å². The molecule has 0 spiro atoms. The molecule has 0 radical (unpaired) electrons. The van der Waals surface area contributed by atoms with E-state index in [0.717, 1.165) is 12.8 Å². The topological polar surface area (TPSA) is 59.0 Å². The lowest BCUT2D eigenvalue weighted by atomic mass is 9.99. The molecule has 6 heteroatoms. The molecule has 0 unspecified atom stereocenters. The molecule has 146 valence electrons. The highest BCUT2D eigenvalue weighted by Gasteiger charge is 2.43. The van der Waals surface area contributed by atoms with E-state index in [1.807, 2.05) is 26.8 Å². The monoisotopic (exact) mass is 371 g/mol. The Hall–Kier alpha value is -0.853. The van der Waals surface area contributed by atoms with Crippen molar-refractivity contribution < 1.29 is 19.1 Å².